The van der Waals surface area contributed by atoms with Gasteiger partial charge >= 0.3 is 6.18 Å². The molecule has 0 fully saturated rings. The number of carbonyl (C=O) groups excluding carboxylic acids is 1. The van der Waals surface area contributed by atoms with Gasteiger partial charge in [-0.3, -0.25) is 4.79 Å². The van der Waals surface area contributed by atoms with Crippen molar-refractivity contribution in [1.82, 2.24) is 14.8 Å². The Balaban J connectivity index is 2.02. The molecule has 6 nitrogen and oxygen atoms in total. The molecule has 0 spiro atoms. The third-order valence-corrected chi connectivity index (χ3v) is 4.54. The Bertz CT molecular complexity index is 1220. The van der Waals surface area contributed by atoms with E-state index in [4.69, 9.17) is 5.73 Å². The molecule has 0 aliphatic carbocycles. The number of aryl methyl sites for hydroxylation is 1. The van der Waals surface area contributed by atoms with Crippen LogP contribution in [-0.2, 0) is 11.0 Å². The molecule has 2 aromatic carbocycles. The molecule has 3 rings (SSSR count). The number of hydrogen-bond donors (Lipinski definition) is 2. The molecule has 0 radical (unpaired) electrons. The third-order valence-electron chi connectivity index (χ3n) is 4.54. The Hall–Kier alpha value is -4.14. The fourth-order valence-corrected chi connectivity index (χ4v) is 3.09. The summed E-state index contributed by atoms with van der Waals surface area (Å²) in [5.41, 5.74) is 7.48. The molecule has 0 saturated heterocycles. The number of anilines is 1. The molecule has 0 aliphatic heterocycles. The van der Waals surface area contributed by atoms with Gasteiger partial charge in [0.15, 0.2) is 5.82 Å². The SMILES string of the molecule is C=CNc1cc(/C(=C\n2cnc(-c3cc(C)cc(C(F)(F)F)c3)n2)C(N)=O)ccc1C=C. The number of amides is 1. The quantitative estimate of drug-likeness (QED) is 0.510. The number of aromatic nitrogens is 3. The molecule has 0 bridgehead atoms. The summed E-state index contributed by atoms with van der Waals surface area (Å²) in [6.45, 7) is 8.92. The molecule has 3 aromatic rings. The zero-order valence-electron chi connectivity index (χ0n) is 17.1. The maximum Gasteiger partial charge on any atom is 0.416 e. The second kappa shape index (κ2) is 8.93. The van der Waals surface area contributed by atoms with Gasteiger partial charge in [0.05, 0.1) is 11.1 Å². The van der Waals surface area contributed by atoms with Crippen molar-refractivity contribution in [3.8, 4) is 11.4 Å². The van der Waals surface area contributed by atoms with Crippen molar-refractivity contribution in [1.29, 1.82) is 0 Å². The summed E-state index contributed by atoms with van der Waals surface area (Å²) in [4.78, 5) is 16.2. The summed E-state index contributed by atoms with van der Waals surface area (Å²) in [6.07, 6.45) is 1.29. The normalized spacial score (nSPS) is 11.8. The molecule has 32 heavy (non-hydrogen) atoms. The Morgan fingerprint density at radius 3 is 2.56 bits per heavy atom. The fraction of sp³-hybridized carbons (Fsp3) is 0.0870. The highest BCUT2D eigenvalue weighted by Crippen LogP contribution is 2.32. The van der Waals surface area contributed by atoms with E-state index in [1.807, 2.05) is 0 Å². The summed E-state index contributed by atoms with van der Waals surface area (Å²) in [6, 6.07) is 8.72. The van der Waals surface area contributed by atoms with Crippen molar-refractivity contribution in [2.24, 2.45) is 5.73 Å². The molecule has 164 valence electrons. The van der Waals surface area contributed by atoms with Crippen molar-refractivity contribution in [2.75, 3.05) is 5.32 Å². The number of benzene rings is 2. The Morgan fingerprint density at radius 1 is 1.19 bits per heavy atom. The van der Waals surface area contributed by atoms with Gasteiger partial charge in [-0.1, -0.05) is 31.4 Å². The van der Waals surface area contributed by atoms with Crippen LogP contribution >= 0.6 is 0 Å². The van der Waals surface area contributed by atoms with Crippen molar-refractivity contribution in [3.63, 3.8) is 0 Å². The van der Waals surface area contributed by atoms with Gasteiger partial charge in [0.25, 0.3) is 5.91 Å². The second-order valence-electron chi connectivity index (χ2n) is 6.90. The van der Waals surface area contributed by atoms with E-state index in [0.717, 1.165) is 17.7 Å². The molecule has 9 heteroatoms. The molecule has 0 saturated carbocycles. The van der Waals surface area contributed by atoms with Gasteiger partial charge in [-0.05, 0) is 54.1 Å². The average Bonchev–Trinajstić information content (AvgIpc) is 3.20. The number of nitrogens with one attached hydrogen (secondary N) is 1. The highest BCUT2D eigenvalue weighted by atomic mass is 19.4. The second-order valence-corrected chi connectivity index (χ2v) is 6.90. The zero-order valence-corrected chi connectivity index (χ0v) is 17.1. The maximum absolute atomic E-state index is 13.1. The highest BCUT2D eigenvalue weighted by molar-refractivity contribution is 6.22. The number of primary amides is 1. The van der Waals surface area contributed by atoms with Gasteiger partial charge < -0.3 is 11.1 Å². The number of halogens is 3. The molecule has 0 atom stereocenters. The lowest BCUT2D eigenvalue weighted by Crippen LogP contribution is -2.14. The van der Waals surface area contributed by atoms with Crippen LogP contribution in [0.4, 0.5) is 18.9 Å². The first-order valence-corrected chi connectivity index (χ1v) is 9.38. The lowest BCUT2D eigenvalue weighted by molar-refractivity contribution is -0.137. The largest absolute Gasteiger partial charge is 0.416 e. The number of alkyl halides is 3. The van der Waals surface area contributed by atoms with Gasteiger partial charge in [-0.15, -0.1) is 5.10 Å². The van der Waals surface area contributed by atoms with Crippen LogP contribution in [0.1, 0.15) is 22.3 Å². The monoisotopic (exact) mass is 439 g/mol. The predicted molar refractivity (Wildman–Crippen MR) is 119 cm³/mol. The summed E-state index contributed by atoms with van der Waals surface area (Å²) >= 11 is 0. The number of carbonyl (C=O) groups is 1. The lowest BCUT2D eigenvalue weighted by Gasteiger charge is -2.10. The first kappa shape index (κ1) is 22.5. The molecule has 0 unspecified atom stereocenters. The van der Waals surface area contributed by atoms with Crippen LogP contribution in [0.5, 0.6) is 0 Å². The Morgan fingerprint density at radius 2 is 1.94 bits per heavy atom. The van der Waals surface area contributed by atoms with Crippen LogP contribution in [0.25, 0.3) is 29.2 Å². The topological polar surface area (TPSA) is 85.8 Å². The van der Waals surface area contributed by atoms with Gasteiger partial charge in [-0.2, -0.15) is 13.2 Å². The first-order valence-electron chi connectivity index (χ1n) is 9.38. The molecule has 1 heterocycles. The number of nitrogens with two attached hydrogens (primary N) is 1. The maximum atomic E-state index is 13.1. The van der Waals surface area contributed by atoms with Crippen LogP contribution in [0.2, 0.25) is 0 Å². The molecule has 3 N–H and O–H groups in total. The van der Waals surface area contributed by atoms with E-state index in [9.17, 15) is 18.0 Å². The van der Waals surface area contributed by atoms with Crippen LogP contribution in [0, 0.1) is 6.92 Å². The number of nitrogens with zero attached hydrogens (tertiary/aromatic N) is 3. The number of hydrogen-bond acceptors (Lipinski definition) is 4. The van der Waals surface area contributed by atoms with Crippen LogP contribution in [0.3, 0.4) is 0 Å². The zero-order chi connectivity index (χ0) is 23.5. The molecular formula is C23H20F3N5O. The summed E-state index contributed by atoms with van der Waals surface area (Å²) in [5.74, 6) is -0.636. The third kappa shape index (κ3) is 4.94. The average molecular weight is 439 g/mol. The van der Waals surface area contributed by atoms with Gasteiger partial charge in [0.2, 0.25) is 0 Å². The van der Waals surface area contributed by atoms with E-state index in [-0.39, 0.29) is 17.0 Å². The van der Waals surface area contributed by atoms with E-state index in [2.05, 4.69) is 28.6 Å². The molecule has 1 amide bonds. The first-order chi connectivity index (χ1) is 15.1. The van der Waals surface area contributed by atoms with Crippen molar-refractivity contribution in [2.45, 2.75) is 13.1 Å². The summed E-state index contributed by atoms with van der Waals surface area (Å²) in [7, 11) is 0. The smallest absolute Gasteiger partial charge is 0.366 e. The van der Waals surface area contributed by atoms with Crippen LogP contribution < -0.4 is 11.1 Å². The molecular weight excluding hydrogens is 419 g/mol. The minimum Gasteiger partial charge on any atom is -0.366 e. The van der Waals surface area contributed by atoms with E-state index in [1.54, 1.807) is 37.3 Å². The van der Waals surface area contributed by atoms with Crippen LogP contribution in [0.15, 0.2) is 62.1 Å². The highest BCUT2D eigenvalue weighted by Gasteiger charge is 2.31. The Labute approximate surface area is 182 Å². The molecule has 0 aliphatic rings. The summed E-state index contributed by atoms with van der Waals surface area (Å²) < 4.78 is 40.6. The lowest BCUT2D eigenvalue weighted by atomic mass is 10.0. The van der Waals surface area contributed by atoms with Gasteiger partial charge in [-0.25, -0.2) is 9.67 Å². The van der Waals surface area contributed by atoms with Crippen molar-refractivity contribution in [3.05, 3.63) is 84.3 Å². The standard InChI is InChI=1S/C23H20F3N5O/c1-4-15-6-7-16(11-20(15)28-5-2)19(21(27)32)12-31-13-29-22(30-31)17-8-14(3)9-18(10-17)23(24,25)26/h4-13,28H,1-2H2,3H3,(H2,27,32)/b19-12+. The van der Waals surface area contributed by atoms with Crippen LogP contribution in [-0.4, -0.2) is 20.7 Å². The van der Waals surface area contributed by atoms with E-state index < -0.39 is 17.6 Å². The summed E-state index contributed by atoms with van der Waals surface area (Å²) in [5, 5.41) is 7.15. The van der Waals surface area contributed by atoms with E-state index in [1.165, 1.54) is 23.4 Å². The van der Waals surface area contributed by atoms with Crippen molar-refractivity contribution >= 4 is 29.4 Å². The Kier molecular flexibility index (Phi) is 6.29. The number of rotatable bonds is 7. The van der Waals surface area contributed by atoms with Gasteiger partial charge in [0.1, 0.15) is 6.33 Å². The van der Waals surface area contributed by atoms with E-state index >= 15 is 0 Å². The predicted octanol–water partition coefficient (Wildman–Crippen LogP) is 4.95. The molecule has 1 aromatic heterocycles. The van der Waals surface area contributed by atoms with E-state index in [0.29, 0.717) is 16.8 Å². The fourth-order valence-electron chi connectivity index (χ4n) is 3.09. The van der Waals surface area contributed by atoms with Crippen molar-refractivity contribution < 1.29 is 18.0 Å². The van der Waals surface area contributed by atoms with Gasteiger partial charge in [0, 0.05) is 17.5 Å². The minimum atomic E-state index is -4.49. The minimum absolute atomic E-state index is 0.0790.